The highest BCUT2D eigenvalue weighted by atomic mass is 127. The lowest BCUT2D eigenvalue weighted by Crippen LogP contribution is -2.09. The van der Waals surface area contributed by atoms with Gasteiger partial charge in [-0.3, -0.25) is 4.79 Å². The van der Waals surface area contributed by atoms with Gasteiger partial charge in [-0.1, -0.05) is 29.8 Å². The van der Waals surface area contributed by atoms with Crippen molar-refractivity contribution in [2.45, 2.75) is 6.54 Å². The second kappa shape index (κ2) is 5.58. The number of rotatable bonds is 3. The normalized spacial score (nSPS) is 10.9. The molecule has 0 radical (unpaired) electrons. The van der Waals surface area contributed by atoms with Crippen molar-refractivity contribution in [3.05, 3.63) is 68.9 Å². The van der Waals surface area contributed by atoms with Crippen molar-refractivity contribution < 1.29 is 4.79 Å². The maximum absolute atomic E-state index is 12.3. The third-order valence-electron chi connectivity index (χ3n) is 3.22. The monoisotopic (exact) mass is 395 g/mol. The number of ketones is 1. The number of benzene rings is 2. The van der Waals surface area contributed by atoms with Crippen LogP contribution in [0.25, 0.3) is 10.9 Å². The van der Waals surface area contributed by atoms with Crippen molar-refractivity contribution in [3.8, 4) is 0 Å². The Balaban J connectivity index is 1.91. The smallest absolute Gasteiger partial charge is 0.182 e. The summed E-state index contributed by atoms with van der Waals surface area (Å²) in [6, 6.07) is 15.3. The molecule has 0 amide bonds. The van der Waals surface area contributed by atoms with Gasteiger partial charge in [-0.25, -0.2) is 0 Å². The molecular formula is C16H11ClINO. The fraction of sp³-hybridized carbons (Fsp3) is 0.0625. The third-order valence-corrected chi connectivity index (χ3v) is 4.17. The zero-order valence-corrected chi connectivity index (χ0v) is 13.4. The molecule has 1 heterocycles. The number of hydrogen-bond donors (Lipinski definition) is 0. The molecule has 0 fully saturated rings. The molecule has 4 heteroatoms. The Morgan fingerprint density at radius 3 is 2.60 bits per heavy atom. The molecule has 0 bridgehead atoms. The molecule has 0 saturated carbocycles. The van der Waals surface area contributed by atoms with E-state index in [0.717, 1.165) is 20.0 Å². The third kappa shape index (κ3) is 2.74. The van der Waals surface area contributed by atoms with E-state index in [9.17, 15) is 4.79 Å². The Morgan fingerprint density at radius 1 is 1.10 bits per heavy atom. The van der Waals surface area contributed by atoms with Crippen molar-refractivity contribution in [2.75, 3.05) is 0 Å². The largest absolute Gasteiger partial charge is 0.340 e. The van der Waals surface area contributed by atoms with Crippen LogP contribution in [0, 0.1) is 3.57 Å². The Labute approximate surface area is 135 Å². The molecule has 0 atom stereocenters. The molecule has 1 aromatic heterocycles. The molecule has 100 valence electrons. The van der Waals surface area contributed by atoms with Gasteiger partial charge in [-0.05, 0) is 58.3 Å². The van der Waals surface area contributed by atoms with Gasteiger partial charge in [-0.15, -0.1) is 0 Å². The van der Waals surface area contributed by atoms with Crippen LogP contribution in [0.4, 0.5) is 0 Å². The molecule has 20 heavy (non-hydrogen) atoms. The molecule has 3 aromatic rings. The summed E-state index contributed by atoms with van der Waals surface area (Å²) in [5.74, 6) is 0.0962. The second-order valence-corrected chi connectivity index (χ2v) is 6.26. The molecule has 0 aliphatic carbocycles. The number of carbonyl (C=O) groups excluding carboxylic acids is 1. The first-order valence-electron chi connectivity index (χ1n) is 6.17. The summed E-state index contributed by atoms with van der Waals surface area (Å²) in [6.45, 7) is 0.324. The molecule has 0 N–H and O–H groups in total. The van der Waals surface area contributed by atoms with E-state index in [0.29, 0.717) is 11.6 Å². The van der Waals surface area contributed by atoms with Crippen LogP contribution in [0.5, 0.6) is 0 Å². The van der Waals surface area contributed by atoms with E-state index in [1.807, 2.05) is 59.3 Å². The van der Waals surface area contributed by atoms with Gasteiger partial charge in [0.05, 0.1) is 6.54 Å². The summed E-state index contributed by atoms with van der Waals surface area (Å²) in [5, 5.41) is 1.77. The first-order chi connectivity index (χ1) is 9.63. The number of carbonyl (C=O) groups is 1. The van der Waals surface area contributed by atoms with Crippen LogP contribution in [0.15, 0.2) is 54.7 Å². The van der Waals surface area contributed by atoms with Crippen molar-refractivity contribution in [1.29, 1.82) is 0 Å². The Kier molecular flexibility index (Phi) is 3.81. The van der Waals surface area contributed by atoms with E-state index in [2.05, 4.69) is 22.6 Å². The van der Waals surface area contributed by atoms with Crippen LogP contribution in [0.3, 0.4) is 0 Å². The number of halogens is 2. The van der Waals surface area contributed by atoms with E-state index < -0.39 is 0 Å². The fourth-order valence-electron chi connectivity index (χ4n) is 2.18. The summed E-state index contributed by atoms with van der Waals surface area (Å²) < 4.78 is 3.05. The van der Waals surface area contributed by atoms with Gasteiger partial charge in [0.1, 0.15) is 0 Å². The van der Waals surface area contributed by atoms with Crippen LogP contribution >= 0.6 is 34.2 Å². The fourth-order valence-corrected chi connectivity index (χ4v) is 2.70. The highest BCUT2D eigenvalue weighted by molar-refractivity contribution is 14.1. The number of nitrogens with zero attached hydrogens (tertiary/aromatic N) is 1. The first kappa shape index (κ1) is 13.6. The second-order valence-electron chi connectivity index (χ2n) is 4.58. The number of fused-ring (bicyclic) bond motifs is 1. The average molecular weight is 396 g/mol. The minimum atomic E-state index is 0.0962. The SMILES string of the molecule is O=C(Cn1ccc2ccc(Cl)cc21)c1ccc(I)cc1. The molecular weight excluding hydrogens is 385 g/mol. The van der Waals surface area contributed by atoms with Crippen molar-refractivity contribution >= 4 is 50.9 Å². The topological polar surface area (TPSA) is 22.0 Å². The zero-order valence-electron chi connectivity index (χ0n) is 10.5. The standard InChI is InChI=1S/C16H11ClINO/c17-13-4-1-11-7-8-19(15(11)9-13)10-16(20)12-2-5-14(18)6-3-12/h1-9H,10H2. The Hall–Kier alpha value is -1.33. The molecule has 3 rings (SSSR count). The zero-order chi connectivity index (χ0) is 14.1. The minimum absolute atomic E-state index is 0.0962. The number of hydrogen-bond acceptors (Lipinski definition) is 1. The van der Waals surface area contributed by atoms with Crippen molar-refractivity contribution in [3.63, 3.8) is 0 Å². The lowest BCUT2D eigenvalue weighted by Gasteiger charge is -2.05. The van der Waals surface area contributed by atoms with Crippen LogP contribution in [-0.4, -0.2) is 10.4 Å². The highest BCUT2D eigenvalue weighted by Crippen LogP contribution is 2.21. The lowest BCUT2D eigenvalue weighted by atomic mass is 10.1. The highest BCUT2D eigenvalue weighted by Gasteiger charge is 2.09. The lowest BCUT2D eigenvalue weighted by molar-refractivity contribution is 0.0973. The maximum Gasteiger partial charge on any atom is 0.182 e. The van der Waals surface area contributed by atoms with E-state index in [-0.39, 0.29) is 5.78 Å². The van der Waals surface area contributed by atoms with E-state index >= 15 is 0 Å². The van der Waals surface area contributed by atoms with Crippen LogP contribution in [0.1, 0.15) is 10.4 Å². The Bertz CT molecular complexity index is 777. The van der Waals surface area contributed by atoms with E-state index in [1.165, 1.54) is 0 Å². The van der Waals surface area contributed by atoms with Gasteiger partial charge in [-0.2, -0.15) is 0 Å². The predicted molar refractivity (Wildman–Crippen MR) is 90.4 cm³/mol. The van der Waals surface area contributed by atoms with Gasteiger partial charge in [0.2, 0.25) is 0 Å². The molecule has 0 saturated heterocycles. The summed E-state index contributed by atoms with van der Waals surface area (Å²) in [7, 11) is 0. The van der Waals surface area contributed by atoms with Crippen LogP contribution in [0.2, 0.25) is 5.02 Å². The molecule has 0 aliphatic rings. The quantitative estimate of drug-likeness (QED) is 0.462. The van der Waals surface area contributed by atoms with Gasteiger partial charge in [0, 0.05) is 25.9 Å². The summed E-state index contributed by atoms with van der Waals surface area (Å²) in [5.41, 5.74) is 1.71. The predicted octanol–water partition coefficient (Wildman–Crippen LogP) is 4.78. The van der Waals surface area contributed by atoms with Gasteiger partial charge in [0.15, 0.2) is 5.78 Å². The molecule has 2 aromatic carbocycles. The van der Waals surface area contributed by atoms with Crippen molar-refractivity contribution in [2.24, 2.45) is 0 Å². The van der Waals surface area contributed by atoms with E-state index in [4.69, 9.17) is 11.6 Å². The summed E-state index contributed by atoms with van der Waals surface area (Å²) in [4.78, 5) is 12.3. The van der Waals surface area contributed by atoms with Crippen LogP contribution < -0.4 is 0 Å². The first-order valence-corrected chi connectivity index (χ1v) is 7.62. The summed E-state index contributed by atoms with van der Waals surface area (Å²) >= 11 is 8.25. The minimum Gasteiger partial charge on any atom is -0.340 e. The summed E-state index contributed by atoms with van der Waals surface area (Å²) in [6.07, 6.45) is 1.92. The number of aromatic nitrogens is 1. The van der Waals surface area contributed by atoms with Gasteiger partial charge in [0.25, 0.3) is 0 Å². The van der Waals surface area contributed by atoms with E-state index in [1.54, 1.807) is 0 Å². The Morgan fingerprint density at radius 2 is 1.85 bits per heavy atom. The molecule has 0 unspecified atom stereocenters. The van der Waals surface area contributed by atoms with Gasteiger partial charge >= 0.3 is 0 Å². The van der Waals surface area contributed by atoms with Crippen molar-refractivity contribution in [1.82, 2.24) is 4.57 Å². The maximum atomic E-state index is 12.3. The molecule has 0 aliphatic heterocycles. The average Bonchev–Trinajstić information content (AvgIpc) is 2.82. The van der Waals surface area contributed by atoms with Crippen LogP contribution in [-0.2, 0) is 6.54 Å². The number of Topliss-reactive ketones (excluding diaryl/α,β-unsaturated/α-hetero) is 1. The van der Waals surface area contributed by atoms with Gasteiger partial charge < -0.3 is 4.57 Å². The molecule has 0 spiro atoms. The molecule has 2 nitrogen and oxygen atoms in total.